The first-order chi connectivity index (χ1) is 11.5. The summed E-state index contributed by atoms with van der Waals surface area (Å²) < 4.78 is 1.89. The number of hydrogen-bond acceptors (Lipinski definition) is 3. The minimum atomic E-state index is -0.385. The Morgan fingerprint density at radius 3 is 2.96 bits per heavy atom. The average Bonchev–Trinajstić information content (AvgIpc) is 3.05. The van der Waals surface area contributed by atoms with E-state index in [1.54, 1.807) is 6.20 Å². The van der Waals surface area contributed by atoms with Gasteiger partial charge in [-0.3, -0.25) is 9.48 Å². The molecule has 5 heteroatoms. The highest BCUT2D eigenvalue weighted by molar-refractivity contribution is 5.80. The van der Waals surface area contributed by atoms with Crippen LogP contribution in [0.15, 0.2) is 42.7 Å². The predicted molar refractivity (Wildman–Crippen MR) is 94.2 cm³/mol. The first-order valence-electron chi connectivity index (χ1n) is 8.66. The molecule has 2 aromatic rings. The van der Waals surface area contributed by atoms with Crippen molar-refractivity contribution in [2.75, 3.05) is 0 Å². The molecule has 1 saturated carbocycles. The van der Waals surface area contributed by atoms with E-state index in [-0.39, 0.29) is 17.4 Å². The van der Waals surface area contributed by atoms with Gasteiger partial charge >= 0.3 is 0 Å². The summed E-state index contributed by atoms with van der Waals surface area (Å²) >= 11 is 0. The molecule has 1 amide bonds. The number of benzene rings is 1. The van der Waals surface area contributed by atoms with Crippen LogP contribution in [0.5, 0.6) is 0 Å². The second kappa shape index (κ2) is 7.18. The number of nitrogens with two attached hydrogens (primary N) is 1. The van der Waals surface area contributed by atoms with Gasteiger partial charge in [-0.15, -0.1) is 0 Å². The van der Waals surface area contributed by atoms with Gasteiger partial charge in [-0.2, -0.15) is 5.10 Å². The van der Waals surface area contributed by atoms with Gasteiger partial charge in [-0.1, -0.05) is 37.1 Å². The Bertz CT molecular complexity index is 678. The Morgan fingerprint density at radius 1 is 1.38 bits per heavy atom. The summed E-state index contributed by atoms with van der Waals surface area (Å²) in [4.78, 5) is 12.5. The van der Waals surface area contributed by atoms with E-state index < -0.39 is 0 Å². The molecule has 0 aliphatic heterocycles. The van der Waals surface area contributed by atoms with Crippen molar-refractivity contribution in [2.24, 2.45) is 11.7 Å². The fourth-order valence-corrected chi connectivity index (χ4v) is 3.52. The van der Waals surface area contributed by atoms with Crippen LogP contribution in [0, 0.1) is 5.92 Å². The Morgan fingerprint density at radius 2 is 2.21 bits per heavy atom. The van der Waals surface area contributed by atoms with Gasteiger partial charge in [0.25, 0.3) is 0 Å². The number of aromatic nitrogens is 2. The molecule has 0 radical (unpaired) electrons. The van der Waals surface area contributed by atoms with Crippen molar-refractivity contribution in [3.8, 4) is 0 Å². The average molecular weight is 326 g/mol. The Hall–Kier alpha value is -2.14. The SMILES string of the molecule is CC1(N)CCCCC1C(=O)NCc1cccc(Cn2cccn2)c1. The first kappa shape index (κ1) is 16.7. The van der Waals surface area contributed by atoms with Crippen LogP contribution in [0.2, 0.25) is 0 Å². The Labute approximate surface area is 143 Å². The molecule has 2 atom stereocenters. The van der Waals surface area contributed by atoms with Gasteiger partial charge in [0.2, 0.25) is 5.91 Å². The van der Waals surface area contributed by atoms with Crippen LogP contribution in [0.25, 0.3) is 0 Å². The fraction of sp³-hybridized carbons (Fsp3) is 0.474. The van der Waals surface area contributed by atoms with Crippen molar-refractivity contribution < 1.29 is 4.79 Å². The van der Waals surface area contributed by atoms with Gasteiger partial charge in [0.15, 0.2) is 0 Å². The summed E-state index contributed by atoms with van der Waals surface area (Å²) in [6.07, 6.45) is 7.73. The molecule has 1 fully saturated rings. The van der Waals surface area contributed by atoms with E-state index in [0.717, 1.165) is 37.8 Å². The molecule has 3 rings (SSSR count). The van der Waals surface area contributed by atoms with Crippen LogP contribution in [0.3, 0.4) is 0 Å². The zero-order valence-corrected chi connectivity index (χ0v) is 14.2. The van der Waals surface area contributed by atoms with E-state index in [1.807, 2.05) is 36.0 Å². The van der Waals surface area contributed by atoms with Crippen molar-refractivity contribution in [3.05, 3.63) is 53.9 Å². The maximum atomic E-state index is 12.5. The molecular formula is C19H26N4O. The maximum absolute atomic E-state index is 12.5. The fourth-order valence-electron chi connectivity index (χ4n) is 3.52. The standard InChI is InChI=1S/C19H26N4O/c1-19(20)9-3-2-8-17(19)18(24)21-13-15-6-4-7-16(12-15)14-23-11-5-10-22-23/h4-7,10-12,17H,2-3,8-9,13-14,20H2,1H3,(H,21,24). The van der Waals surface area contributed by atoms with Crippen LogP contribution in [-0.2, 0) is 17.9 Å². The molecule has 1 heterocycles. The normalized spacial score (nSPS) is 23.8. The lowest BCUT2D eigenvalue weighted by atomic mass is 9.74. The van der Waals surface area contributed by atoms with E-state index >= 15 is 0 Å². The number of carbonyl (C=O) groups excluding carboxylic acids is 1. The van der Waals surface area contributed by atoms with Crippen LogP contribution < -0.4 is 11.1 Å². The molecule has 128 valence electrons. The molecule has 3 N–H and O–H groups in total. The molecule has 5 nitrogen and oxygen atoms in total. The van der Waals surface area contributed by atoms with Gasteiger partial charge < -0.3 is 11.1 Å². The van der Waals surface area contributed by atoms with E-state index in [1.165, 1.54) is 5.56 Å². The molecule has 1 aromatic carbocycles. The molecule has 0 bridgehead atoms. The van der Waals surface area contributed by atoms with Gasteiger partial charge in [0.1, 0.15) is 0 Å². The highest BCUT2D eigenvalue weighted by Crippen LogP contribution is 2.31. The lowest BCUT2D eigenvalue weighted by Gasteiger charge is -2.37. The van der Waals surface area contributed by atoms with Gasteiger partial charge in [0.05, 0.1) is 12.5 Å². The Balaban J connectivity index is 1.59. The smallest absolute Gasteiger partial charge is 0.225 e. The third-order valence-corrected chi connectivity index (χ3v) is 4.93. The topological polar surface area (TPSA) is 72.9 Å². The second-order valence-corrected chi connectivity index (χ2v) is 7.05. The number of amides is 1. The molecule has 1 aromatic heterocycles. The van der Waals surface area contributed by atoms with Gasteiger partial charge in [-0.25, -0.2) is 0 Å². The molecule has 1 aliphatic rings. The summed E-state index contributed by atoms with van der Waals surface area (Å²) in [5, 5.41) is 7.29. The lowest BCUT2D eigenvalue weighted by molar-refractivity contribution is -0.128. The van der Waals surface area contributed by atoms with Crippen molar-refractivity contribution in [3.63, 3.8) is 0 Å². The van der Waals surface area contributed by atoms with Crippen LogP contribution >= 0.6 is 0 Å². The number of rotatable bonds is 5. The number of nitrogens with one attached hydrogen (secondary N) is 1. The summed E-state index contributed by atoms with van der Waals surface area (Å²) in [5.41, 5.74) is 8.21. The minimum absolute atomic E-state index is 0.0807. The van der Waals surface area contributed by atoms with Crippen molar-refractivity contribution >= 4 is 5.91 Å². The van der Waals surface area contributed by atoms with E-state index in [2.05, 4.69) is 22.5 Å². The highest BCUT2D eigenvalue weighted by atomic mass is 16.1. The largest absolute Gasteiger partial charge is 0.352 e. The molecule has 0 spiro atoms. The van der Waals surface area contributed by atoms with Crippen molar-refractivity contribution in [1.82, 2.24) is 15.1 Å². The number of carbonyl (C=O) groups is 1. The van der Waals surface area contributed by atoms with E-state index in [0.29, 0.717) is 6.54 Å². The van der Waals surface area contributed by atoms with Crippen LogP contribution in [0.1, 0.15) is 43.7 Å². The maximum Gasteiger partial charge on any atom is 0.225 e. The molecule has 1 aliphatic carbocycles. The monoisotopic (exact) mass is 326 g/mol. The third-order valence-electron chi connectivity index (χ3n) is 4.93. The van der Waals surface area contributed by atoms with E-state index in [4.69, 9.17) is 5.73 Å². The third kappa shape index (κ3) is 4.03. The van der Waals surface area contributed by atoms with Crippen LogP contribution in [0.4, 0.5) is 0 Å². The van der Waals surface area contributed by atoms with Crippen LogP contribution in [-0.4, -0.2) is 21.2 Å². The first-order valence-corrected chi connectivity index (χ1v) is 8.66. The quantitative estimate of drug-likeness (QED) is 0.886. The minimum Gasteiger partial charge on any atom is -0.352 e. The summed E-state index contributed by atoms with van der Waals surface area (Å²) in [6, 6.07) is 10.2. The molecular weight excluding hydrogens is 300 g/mol. The summed E-state index contributed by atoms with van der Waals surface area (Å²) in [6.45, 7) is 3.28. The zero-order valence-electron chi connectivity index (χ0n) is 14.2. The second-order valence-electron chi connectivity index (χ2n) is 7.05. The molecule has 0 saturated heterocycles. The zero-order chi connectivity index (χ0) is 17.0. The Kier molecular flexibility index (Phi) is 5.00. The number of nitrogens with zero attached hydrogens (tertiary/aromatic N) is 2. The van der Waals surface area contributed by atoms with Crippen molar-refractivity contribution in [1.29, 1.82) is 0 Å². The molecule has 2 unspecified atom stereocenters. The van der Waals surface area contributed by atoms with Gasteiger partial charge in [0, 0.05) is 24.5 Å². The van der Waals surface area contributed by atoms with Crippen molar-refractivity contribution in [2.45, 2.75) is 51.2 Å². The predicted octanol–water partition coefficient (Wildman–Crippen LogP) is 2.46. The summed E-state index contributed by atoms with van der Waals surface area (Å²) in [7, 11) is 0. The lowest BCUT2D eigenvalue weighted by Crippen LogP contribution is -2.52. The number of hydrogen-bond donors (Lipinski definition) is 2. The highest BCUT2D eigenvalue weighted by Gasteiger charge is 2.37. The van der Waals surface area contributed by atoms with E-state index in [9.17, 15) is 4.79 Å². The van der Waals surface area contributed by atoms with Gasteiger partial charge in [-0.05, 0) is 37.0 Å². The molecule has 24 heavy (non-hydrogen) atoms. The summed E-state index contributed by atoms with van der Waals surface area (Å²) in [5.74, 6) is -0.00399.